The van der Waals surface area contributed by atoms with E-state index in [9.17, 15) is 4.39 Å². The molecule has 1 N–H and O–H groups in total. The zero-order valence-electron chi connectivity index (χ0n) is 12.1. The Morgan fingerprint density at radius 3 is 3.00 bits per heavy atom. The van der Waals surface area contributed by atoms with E-state index in [2.05, 4.69) is 10.3 Å². The van der Waals surface area contributed by atoms with Crippen LogP contribution in [0, 0.1) is 5.82 Å². The summed E-state index contributed by atoms with van der Waals surface area (Å²) in [5, 5.41) is 3.45. The van der Waals surface area contributed by atoms with Gasteiger partial charge in [0.05, 0.1) is 13.3 Å². The number of hydrogen-bond acceptors (Lipinski definition) is 4. The number of nitrogens with one attached hydrogen (secondary N) is 1. The molecule has 0 spiro atoms. The van der Waals surface area contributed by atoms with Crippen LogP contribution >= 0.6 is 0 Å². The smallest absolute Gasteiger partial charge is 0.194 e. The van der Waals surface area contributed by atoms with Crippen molar-refractivity contribution in [3.05, 3.63) is 36.1 Å². The van der Waals surface area contributed by atoms with Gasteiger partial charge in [0.15, 0.2) is 23.2 Å². The fourth-order valence-electron chi connectivity index (χ4n) is 2.21. The molecule has 0 aliphatic heterocycles. The van der Waals surface area contributed by atoms with Gasteiger partial charge in [-0.05, 0) is 44.0 Å². The van der Waals surface area contributed by atoms with Crippen LogP contribution < -0.4 is 10.1 Å². The molecule has 5 heteroatoms. The second-order valence-electron chi connectivity index (χ2n) is 5.30. The summed E-state index contributed by atoms with van der Waals surface area (Å²) in [6.45, 7) is 0.986. The first-order valence-corrected chi connectivity index (χ1v) is 7.28. The zero-order valence-corrected chi connectivity index (χ0v) is 12.1. The summed E-state index contributed by atoms with van der Waals surface area (Å²) in [5.41, 5.74) is 0.670. The van der Waals surface area contributed by atoms with Crippen molar-refractivity contribution in [1.29, 1.82) is 0 Å². The quantitative estimate of drug-likeness (QED) is 0.796. The Labute approximate surface area is 123 Å². The predicted octanol–water partition coefficient (Wildman–Crippen LogP) is 3.17. The highest BCUT2D eigenvalue weighted by molar-refractivity contribution is 5.57. The van der Waals surface area contributed by atoms with E-state index in [1.807, 2.05) is 0 Å². The first-order chi connectivity index (χ1) is 10.3. The molecule has 3 rings (SSSR count). The Bertz CT molecular complexity index is 608. The highest BCUT2D eigenvalue weighted by Crippen LogP contribution is 2.26. The molecular formula is C16H19FN2O2. The molecule has 0 radical (unpaired) electrons. The molecule has 0 saturated heterocycles. The summed E-state index contributed by atoms with van der Waals surface area (Å²) in [4.78, 5) is 4.25. The molecule has 1 aliphatic rings. The normalized spacial score (nSPS) is 14.4. The molecule has 2 aromatic rings. The first-order valence-electron chi connectivity index (χ1n) is 7.28. The van der Waals surface area contributed by atoms with Gasteiger partial charge in [0.25, 0.3) is 0 Å². The van der Waals surface area contributed by atoms with Gasteiger partial charge < -0.3 is 14.5 Å². The molecule has 1 aliphatic carbocycles. The van der Waals surface area contributed by atoms with Crippen molar-refractivity contribution in [3.8, 4) is 17.1 Å². The SMILES string of the molecule is COc1ccc(-c2cnc(CCCNC3CC3)o2)cc1F. The summed E-state index contributed by atoms with van der Waals surface area (Å²) in [6.07, 6.45) is 6.02. The van der Waals surface area contributed by atoms with Gasteiger partial charge in [-0.3, -0.25) is 0 Å². The van der Waals surface area contributed by atoms with Crippen LogP contribution in [0.2, 0.25) is 0 Å². The van der Waals surface area contributed by atoms with Gasteiger partial charge in [-0.15, -0.1) is 0 Å². The Morgan fingerprint density at radius 1 is 1.43 bits per heavy atom. The summed E-state index contributed by atoms with van der Waals surface area (Å²) in [5.74, 6) is 1.10. The Morgan fingerprint density at radius 2 is 2.29 bits per heavy atom. The van der Waals surface area contributed by atoms with E-state index in [1.165, 1.54) is 26.0 Å². The maximum atomic E-state index is 13.7. The predicted molar refractivity (Wildman–Crippen MR) is 77.8 cm³/mol. The van der Waals surface area contributed by atoms with E-state index >= 15 is 0 Å². The fourth-order valence-corrected chi connectivity index (χ4v) is 2.21. The number of aromatic nitrogens is 1. The largest absolute Gasteiger partial charge is 0.494 e. The van der Waals surface area contributed by atoms with Gasteiger partial charge in [-0.1, -0.05) is 0 Å². The number of benzene rings is 1. The van der Waals surface area contributed by atoms with E-state index in [0.717, 1.165) is 25.4 Å². The molecule has 0 atom stereocenters. The minimum atomic E-state index is -0.401. The van der Waals surface area contributed by atoms with Gasteiger partial charge in [-0.25, -0.2) is 9.37 Å². The second kappa shape index (κ2) is 6.26. The number of aryl methyl sites for hydroxylation is 1. The topological polar surface area (TPSA) is 47.3 Å². The minimum Gasteiger partial charge on any atom is -0.494 e. The molecule has 1 saturated carbocycles. The van der Waals surface area contributed by atoms with Crippen LogP contribution in [0.4, 0.5) is 4.39 Å². The van der Waals surface area contributed by atoms with Gasteiger partial charge in [-0.2, -0.15) is 0 Å². The molecule has 0 amide bonds. The minimum absolute atomic E-state index is 0.227. The van der Waals surface area contributed by atoms with Gasteiger partial charge in [0.2, 0.25) is 0 Å². The summed E-state index contributed by atoms with van der Waals surface area (Å²) in [6, 6.07) is 5.48. The molecule has 1 fully saturated rings. The van der Waals surface area contributed by atoms with Crippen LogP contribution in [0.15, 0.2) is 28.8 Å². The highest BCUT2D eigenvalue weighted by atomic mass is 19.1. The van der Waals surface area contributed by atoms with Gasteiger partial charge >= 0.3 is 0 Å². The third kappa shape index (κ3) is 3.61. The number of ether oxygens (including phenoxy) is 1. The molecule has 1 aromatic carbocycles. The van der Waals surface area contributed by atoms with Crippen LogP contribution in [0.25, 0.3) is 11.3 Å². The summed E-state index contributed by atoms with van der Waals surface area (Å²) < 4.78 is 24.3. The van der Waals surface area contributed by atoms with E-state index < -0.39 is 5.82 Å². The van der Waals surface area contributed by atoms with E-state index in [1.54, 1.807) is 18.3 Å². The number of rotatable bonds is 7. The number of oxazole rings is 1. The maximum Gasteiger partial charge on any atom is 0.194 e. The molecule has 1 heterocycles. The molecule has 112 valence electrons. The average Bonchev–Trinajstić information content (AvgIpc) is 3.20. The number of halogens is 1. The van der Waals surface area contributed by atoms with E-state index in [4.69, 9.17) is 9.15 Å². The number of methoxy groups -OCH3 is 1. The van der Waals surface area contributed by atoms with Crippen LogP contribution in [0.1, 0.15) is 25.2 Å². The fraction of sp³-hybridized carbons (Fsp3) is 0.438. The van der Waals surface area contributed by atoms with Crippen molar-refractivity contribution in [2.24, 2.45) is 0 Å². The Hall–Kier alpha value is -1.88. The van der Waals surface area contributed by atoms with Crippen molar-refractivity contribution in [3.63, 3.8) is 0 Å². The van der Waals surface area contributed by atoms with Crippen molar-refractivity contribution >= 4 is 0 Å². The third-order valence-corrected chi connectivity index (χ3v) is 3.57. The lowest BCUT2D eigenvalue weighted by Gasteiger charge is -2.03. The molecule has 0 bridgehead atoms. The third-order valence-electron chi connectivity index (χ3n) is 3.57. The van der Waals surface area contributed by atoms with Crippen molar-refractivity contribution in [2.45, 2.75) is 31.7 Å². The van der Waals surface area contributed by atoms with Crippen molar-refractivity contribution < 1.29 is 13.5 Å². The van der Waals surface area contributed by atoms with Crippen LogP contribution in [-0.2, 0) is 6.42 Å². The van der Waals surface area contributed by atoms with E-state index in [0.29, 0.717) is 17.2 Å². The molecule has 0 unspecified atom stereocenters. The second-order valence-corrected chi connectivity index (χ2v) is 5.30. The number of nitrogens with zero attached hydrogens (tertiary/aromatic N) is 1. The average molecular weight is 290 g/mol. The zero-order chi connectivity index (χ0) is 14.7. The maximum absolute atomic E-state index is 13.7. The van der Waals surface area contributed by atoms with E-state index in [-0.39, 0.29) is 5.75 Å². The van der Waals surface area contributed by atoms with Gasteiger partial charge in [0.1, 0.15) is 0 Å². The highest BCUT2D eigenvalue weighted by Gasteiger charge is 2.19. The Kier molecular flexibility index (Phi) is 4.20. The lowest BCUT2D eigenvalue weighted by molar-refractivity contribution is 0.386. The summed E-state index contributed by atoms with van der Waals surface area (Å²) in [7, 11) is 1.44. The first kappa shape index (κ1) is 14.1. The lowest BCUT2D eigenvalue weighted by atomic mass is 10.2. The number of hydrogen-bond donors (Lipinski definition) is 1. The molecular weight excluding hydrogens is 271 g/mol. The van der Waals surface area contributed by atoms with Crippen molar-refractivity contribution in [1.82, 2.24) is 10.3 Å². The van der Waals surface area contributed by atoms with Gasteiger partial charge in [0, 0.05) is 18.0 Å². The lowest BCUT2D eigenvalue weighted by Crippen LogP contribution is -2.17. The van der Waals surface area contributed by atoms with Crippen LogP contribution in [0.5, 0.6) is 5.75 Å². The summed E-state index contributed by atoms with van der Waals surface area (Å²) >= 11 is 0. The monoisotopic (exact) mass is 290 g/mol. The van der Waals surface area contributed by atoms with Crippen LogP contribution in [0.3, 0.4) is 0 Å². The molecule has 1 aromatic heterocycles. The molecule has 21 heavy (non-hydrogen) atoms. The molecule has 4 nitrogen and oxygen atoms in total. The van der Waals surface area contributed by atoms with Crippen LogP contribution in [-0.4, -0.2) is 24.7 Å². The van der Waals surface area contributed by atoms with Crippen molar-refractivity contribution in [2.75, 3.05) is 13.7 Å². The Balaban J connectivity index is 1.59. The standard InChI is InChI=1S/C16H19FN2O2/c1-20-14-7-4-11(9-13(14)17)15-10-19-16(21-15)3-2-8-18-12-5-6-12/h4,7,9-10,12,18H,2-3,5-6,8H2,1H3.